The van der Waals surface area contributed by atoms with Gasteiger partial charge >= 0.3 is 0 Å². The number of benzene rings is 1. The maximum atomic E-state index is 5.42. The van der Waals surface area contributed by atoms with E-state index in [1.54, 1.807) is 14.2 Å². The van der Waals surface area contributed by atoms with E-state index in [1.807, 2.05) is 6.07 Å². The van der Waals surface area contributed by atoms with Crippen molar-refractivity contribution in [2.75, 3.05) is 52.3 Å². The first-order chi connectivity index (χ1) is 14.0. The van der Waals surface area contributed by atoms with Gasteiger partial charge in [-0.05, 0) is 40.2 Å². The maximum Gasteiger partial charge on any atom is 0.191 e. The van der Waals surface area contributed by atoms with Gasteiger partial charge in [0, 0.05) is 61.6 Å². The Morgan fingerprint density at radius 1 is 1.20 bits per heavy atom. The summed E-state index contributed by atoms with van der Waals surface area (Å²) in [6.45, 7) is 7.97. The third kappa shape index (κ3) is 6.80. The highest BCUT2D eigenvalue weighted by molar-refractivity contribution is 14.0. The third-order valence-electron chi connectivity index (χ3n) is 5.91. The van der Waals surface area contributed by atoms with Gasteiger partial charge in [-0.1, -0.05) is 0 Å². The van der Waals surface area contributed by atoms with Crippen LogP contribution in [0.2, 0.25) is 0 Å². The Morgan fingerprint density at radius 2 is 1.87 bits per heavy atom. The van der Waals surface area contributed by atoms with E-state index in [2.05, 4.69) is 53.5 Å². The number of hydrogen-bond acceptors (Lipinski definition) is 5. The molecule has 1 aromatic rings. The molecule has 0 radical (unpaired) electrons. The zero-order valence-corrected chi connectivity index (χ0v) is 21.3. The van der Waals surface area contributed by atoms with E-state index in [0.29, 0.717) is 12.1 Å². The Labute approximate surface area is 198 Å². The molecule has 1 aliphatic carbocycles. The molecule has 1 aromatic carbocycles. The molecule has 2 atom stereocenters. The molecule has 8 heteroatoms. The summed E-state index contributed by atoms with van der Waals surface area (Å²) in [7, 11) is 5.59. The molecule has 2 fully saturated rings. The number of likely N-dealkylation sites (N-methyl/N-ethyl adjacent to an activating group) is 1. The van der Waals surface area contributed by atoms with Crippen molar-refractivity contribution in [1.82, 2.24) is 15.5 Å². The number of nitrogens with one attached hydrogen (secondary N) is 2. The van der Waals surface area contributed by atoms with Crippen molar-refractivity contribution in [2.24, 2.45) is 4.99 Å². The lowest BCUT2D eigenvalue weighted by atomic mass is 10.2. The highest BCUT2D eigenvalue weighted by atomic mass is 127. The van der Waals surface area contributed by atoms with E-state index >= 15 is 0 Å². The molecular formula is C22H38IN5O2. The van der Waals surface area contributed by atoms with Crippen molar-refractivity contribution in [2.45, 2.75) is 51.2 Å². The van der Waals surface area contributed by atoms with Crippen LogP contribution in [0, 0.1) is 0 Å². The number of methoxy groups -OCH3 is 2. The van der Waals surface area contributed by atoms with Crippen molar-refractivity contribution >= 4 is 35.6 Å². The molecule has 1 heterocycles. The van der Waals surface area contributed by atoms with Gasteiger partial charge in [0.1, 0.15) is 11.5 Å². The van der Waals surface area contributed by atoms with Crippen LogP contribution < -0.4 is 25.0 Å². The minimum atomic E-state index is 0. The van der Waals surface area contributed by atoms with Gasteiger partial charge in [0.15, 0.2) is 5.96 Å². The summed E-state index contributed by atoms with van der Waals surface area (Å²) in [6, 6.07) is 7.63. The standard InChI is InChI=1S/C22H37N5O2.HI/c1-6-23-22(24-14-16(2)26(3)18-7-8-18)25-17-9-10-27(15-17)19-11-20(28-4)13-21(12-19)29-5;/h11-13,16-18H,6-10,14-15H2,1-5H3,(H2,23,24,25);1H. The van der Waals surface area contributed by atoms with Crippen LogP contribution in [0.5, 0.6) is 11.5 Å². The lowest BCUT2D eigenvalue weighted by molar-refractivity contribution is 0.253. The molecule has 2 aliphatic rings. The number of guanidine groups is 1. The second kappa shape index (κ2) is 11.8. The van der Waals surface area contributed by atoms with E-state index in [4.69, 9.17) is 14.5 Å². The molecular weight excluding hydrogens is 493 g/mol. The molecule has 7 nitrogen and oxygen atoms in total. The molecule has 170 valence electrons. The van der Waals surface area contributed by atoms with Gasteiger partial charge in [0.2, 0.25) is 0 Å². The average molecular weight is 531 g/mol. The van der Waals surface area contributed by atoms with Crippen LogP contribution >= 0.6 is 24.0 Å². The number of nitrogens with zero attached hydrogens (tertiary/aromatic N) is 3. The number of aliphatic imine (C=N–C) groups is 1. The Morgan fingerprint density at radius 3 is 2.43 bits per heavy atom. The Balaban J connectivity index is 0.00000320. The monoisotopic (exact) mass is 531 g/mol. The highest BCUT2D eigenvalue weighted by Gasteiger charge is 2.29. The van der Waals surface area contributed by atoms with E-state index in [9.17, 15) is 0 Å². The largest absolute Gasteiger partial charge is 0.497 e. The number of ether oxygens (including phenoxy) is 2. The fraction of sp³-hybridized carbons (Fsp3) is 0.682. The first-order valence-electron chi connectivity index (χ1n) is 10.8. The van der Waals surface area contributed by atoms with Crippen LogP contribution in [0.3, 0.4) is 0 Å². The van der Waals surface area contributed by atoms with E-state index in [-0.39, 0.29) is 24.0 Å². The van der Waals surface area contributed by atoms with E-state index in [1.165, 1.54) is 12.8 Å². The molecule has 2 N–H and O–H groups in total. The van der Waals surface area contributed by atoms with Crippen molar-refractivity contribution in [3.8, 4) is 11.5 Å². The normalized spacial score (nSPS) is 20.0. The van der Waals surface area contributed by atoms with Crippen molar-refractivity contribution in [3.63, 3.8) is 0 Å². The zero-order chi connectivity index (χ0) is 20.8. The molecule has 2 unspecified atom stereocenters. The smallest absolute Gasteiger partial charge is 0.191 e. The summed E-state index contributed by atoms with van der Waals surface area (Å²) in [6.07, 6.45) is 3.73. The van der Waals surface area contributed by atoms with E-state index in [0.717, 1.165) is 61.8 Å². The van der Waals surface area contributed by atoms with Gasteiger partial charge in [-0.15, -0.1) is 24.0 Å². The number of anilines is 1. The molecule has 30 heavy (non-hydrogen) atoms. The first kappa shape index (κ1) is 24.8. The summed E-state index contributed by atoms with van der Waals surface area (Å²) < 4.78 is 10.8. The van der Waals surface area contributed by atoms with Gasteiger partial charge in [-0.25, -0.2) is 0 Å². The minimum Gasteiger partial charge on any atom is -0.497 e. The molecule has 0 spiro atoms. The van der Waals surface area contributed by atoms with Crippen LogP contribution in [-0.2, 0) is 0 Å². The molecule has 0 bridgehead atoms. The topological polar surface area (TPSA) is 61.4 Å². The summed E-state index contributed by atoms with van der Waals surface area (Å²) in [5.41, 5.74) is 1.13. The molecule has 0 amide bonds. The van der Waals surface area contributed by atoms with Crippen molar-refractivity contribution in [3.05, 3.63) is 18.2 Å². The number of hydrogen-bond donors (Lipinski definition) is 2. The van der Waals surface area contributed by atoms with Crippen molar-refractivity contribution in [1.29, 1.82) is 0 Å². The molecule has 1 saturated carbocycles. The third-order valence-corrected chi connectivity index (χ3v) is 5.91. The van der Waals surface area contributed by atoms with Gasteiger partial charge in [0.05, 0.1) is 20.8 Å². The summed E-state index contributed by atoms with van der Waals surface area (Å²) in [5.74, 6) is 2.55. The fourth-order valence-corrected chi connectivity index (χ4v) is 3.79. The number of halogens is 1. The predicted molar refractivity (Wildman–Crippen MR) is 135 cm³/mol. The SMILES string of the molecule is CCNC(=NCC(C)N(C)C1CC1)NC1CCN(c2cc(OC)cc(OC)c2)C1.I. The van der Waals surface area contributed by atoms with E-state index < -0.39 is 0 Å². The Bertz CT molecular complexity index is 676. The van der Waals surface area contributed by atoms with Crippen LogP contribution in [0.15, 0.2) is 23.2 Å². The lowest BCUT2D eigenvalue weighted by Gasteiger charge is -2.24. The van der Waals surface area contributed by atoms with Crippen molar-refractivity contribution < 1.29 is 9.47 Å². The molecule has 1 saturated heterocycles. The predicted octanol–water partition coefficient (Wildman–Crippen LogP) is 2.94. The average Bonchev–Trinajstić information content (AvgIpc) is 3.49. The van der Waals surface area contributed by atoms with Gasteiger partial charge in [0.25, 0.3) is 0 Å². The zero-order valence-electron chi connectivity index (χ0n) is 19.0. The molecule has 0 aromatic heterocycles. The second-order valence-corrected chi connectivity index (χ2v) is 8.11. The highest BCUT2D eigenvalue weighted by Crippen LogP contribution is 2.30. The molecule has 1 aliphatic heterocycles. The molecule has 3 rings (SSSR count). The summed E-state index contributed by atoms with van der Waals surface area (Å²) in [5, 5.41) is 7.03. The minimum absolute atomic E-state index is 0. The van der Waals surface area contributed by atoms with Gasteiger partial charge in [-0.2, -0.15) is 0 Å². The van der Waals surface area contributed by atoms with Crippen LogP contribution in [0.1, 0.15) is 33.1 Å². The lowest BCUT2D eigenvalue weighted by Crippen LogP contribution is -2.45. The quantitative estimate of drug-likeness (QED) is 0.291. The Kier molecular flexibility index (Phi) is 9.80. The van der Waals surface area contributed by atoms with Crippen LogP contribution in [0.4, 0.5) is 5.69 Å². The van der Waals surface area contributed by atoms with Gasteiger partial charge in [-0.3, -0.25) is 9.89 Å². The summed E-state index contributed by atoms with van der Waals surface area (Å²) >= 11 is 0. The second-order valence-electron chi connectivity index (χ2n) is 8.11. The summed E-state index contributed by atoms with van der Waals surface area (Å²) in [4.78, 5) is 9.68. The van der Waals surface area contributed by atoms with Crippen LogP contribution in [-0.4, -0.2) is 76.4 Å². The first-order valence-corrected chi connectivity index (χ1v) is 10.8. The number of rotatable bonds is 9. The fourth-order valence-electron chi connectivity index (χ4n) is 3.79. The van der Waals surface area contributed by atoms with Gasteiger partial charge < -0.3 is 25.0 Å². The maximum absolute atomic E-state index is 5.42. The van der Waals surface area contributed by atoms with Crippen LogP contribution in [0.25, 0.3) is 0 Å². The Hall–Kier alpha value is -1.42.